The summed E-state index contributed by atoms with van der Waals surface area (Å²) in [7, 11) is 0. The van der Waals surface area contributed by atoms with Crippen molar-refractivity contribution in [3.8, 4) is 0 Å². The van der Waals surface area contributed by atoms with Crippen LogP contribution in [0.15, 0.2) is 0 Å². The van der Waals surface area contributed by atoms with Gasteiger partial charge in [-0.25, -0.2) is 4.79 Å². The molecule has 0 unspecified atom stereocenters. The van der Waals surface area contributed by atoms with Crippen LogP contribution in [0.1, 0.15) is 58.8 Å². The van der Waals surface area contributed by atoms with Gasteiger partial charge in [0.25, 0.3) is 0 Å². The molecule has 0 aliphatic carbocycles. The Balaban J connectivity index is 1.88. The molecular weight excluding hydrogens is 288 g/mol. The Hall–Kier alpha value is -0.710. The molecule has 4 atom stereocenters. The molecular formula is C16H26O4S. The molecule has 0 saturated carbocycles. The smallest absolute Gasteiger partial charge is 0.348 e. The minimum Gasteiger partial charge on any atom is -0.459 e. The summed E-state index contributed by atoms with van der Waals surface area (Å²) in [5, 5.41) is 0. The van der Waals surface area contributed by atoms with Crippen molar-refractivity contribution in [3.05, 3.63) is 0 Å². The number of hydrogen-bond donors (Lipinski definition) is 0. The van der Waals surface area contributed by atoms with Crippen LogP contribution in [-0.2, 0) is 19.1 Å². The van der Waals surface area contributed by atoms with Gasteiger partial charge in [-0.2, -0.15) is 0 Å². The summed E-state index contributed by atoms with van der Waals surface area (Å²) in [6.07, 6.45) is 9.14. The predicted molar refractivity (Wildman–Crippen MR) is 83.2 cm³/mol. The lowest BCUT2D eigenvalue weighted by atomic mass is 9.85. The van der Waals surface area contributed by atoms with Crippen molar-refractivity contribution >= 4 is 23.7 Å². The Morgan fingerprint density at radius 3 is 2.43 bits per heavy atom. The highest BCUT2D eigenvalue weighted by molar-refractivity contribution is 8.00. The summed E-state index contributed by atoms with van der Waals surface area (Å²) in [5.41, 5.74) is 0. The van der Waals surface area contributed by atoms with Crippen LogP contribution in [0.3, 0.4) is 0 Å². The summed E-state index contributed by atoms with van der Waals surface area (Å²) in [4.78, 5) is 23.9. The van der Waals surface area contributed by atoms with Crippen LogP contribution in [0.25, 0.3) is 0 Å². The second kappa shape index (κ2) is 7.03. The van der Waals surface area contributed by atoms with Crippen molar-refractivity contribution in [2.75, 3.05) is 6.26 Å². The Bertz CT molecular complexity index is 398. The number of carbonyl (C=O) groups is 2. The quantitative estimate of drug-likeness (QED) is 0.508. The largest absolute Gasteiger partial charge is 0.459 e. The molecule has 5 heteroatoms. The molecule has 0 aromatic heterocycles. The molecule has 2 fully saturated rings. The number of ether oxygens (including phenoxy) is 2. The zero-order valence-electron chi connectivity index (χ0n) is 13.2. The first-order valence-electron chi connectivity index (χ1n) is 8.01. The number of fused-ring (bicyclic) bond motifs is 1. The predicted octanol–water partition coefficient (Wildman–Crippen LogP) is 3.33. The van der Waals surface area contributed by atoms with Crippen molar-refractivity contribution in [1.29, 1.82) is 0 Å². The lowest BCUT2D eigenvalue weighted by molar-refractivity contribution is -0.158. The van der Waals surface area contributed by atoms with Gasteiger partial charge in [0, 0.05) is 0 Å². The number of rotatable bonds is 8. The Morgan fingerprint density at radius 1 is 1.10 bits per heavy atom. The van der Waals surface area contributed by atoms with Gasteiger partial charge in [-0.3, -0.25) is 4.79 Å². The van der Waals surface area contributed by atoms with Crippen molar-refractivity contribution in [3.63, 3.8) is 0 Å². The summed E-state index contributed by atoms with van der Waals surface area (Å²) in [5.74, 6) is -0.764. The molecule has 2 saturated heterocycles. The Labute approximate surface area is 131 Å². The fraction of sp³-hybridized carbons (Fsp3) is 0.875. The Morgan fingerprint density at radius 2 is 1.76 bits per heavy atom. The Kier molecular flexibility index (Phi) is 5.58. The third-order valence-electron chi connectivity index (χ3n) is 4.77. The van der Waals surface area contributed by atoms with E-state index in [2.05, 4.69) is 6.92 Å². The topological polar surface area (TPSA) is 52.6 Å². The minimum absolute atomic E-state index is 0.136. The van der Waals surface area contributed by atoms with E-state index in [1.165, 1.54) is 37.4 Å². The van der Waals surface area contributed by atoms with Gasteiger partial charge in [0.05, 0.1) is 5.92 Å². The summed E-state index contributed by atoms with van der Waals surface area (Å²) in [6, 6.07) is 0. The molecule has 0 radical (unpaired) electrons. The van der Waals surface area contributed by atoms with Gasteiger partial charge in [-0.1, -0.05) is 39.0 Å². The molecule has 0 bridgehead atoms. The van der Waals surface area contributed by atoms with Crippen LogP contribution in [0.5, 0.6) is 0 Å². The van der Waals surface area contributed by atoms with E-state index < -0.39 is 10.9 Å². The number of unbranched alkanes of at least 4 members (excludes halogenated alkanes) is 5. The maximum absolute atomic E-state index is 12.0. The highest BCUT2D eigenvalue weighted by Gasteiger charge is 2.64. The lowest BCUT2D eigenvalue weighted by Gasteiger charge is -2.27. The van der Waals surface area contributed by atoms with Gasteiger partial charge in [-0.05, 0) is 26.0 Å². The first-order chi connectivity index (χ1) is 10.0. The second-order valence-corrected chi connectivity index (χ2v) is 7.45. The molecule has 4 nitrogen and oxygen atoms in total. The van der Waals surface area contributed by atoms with E-state index in [1.807, 2.05) is 13.2 Å². The average Bonchev–Trinajstić information content (AvgIpc) is 2.92. The summed E-state index contributed by atoms with van der Waals surface area (Å²) < 4.78 is 10.1. The van der Waals surface area contributed by atoms with Gasteiger partial charge in [0.15, 0.2) is 0 Å². The average molecular weight is 314 g/mol. The molecule has 2 aliphatic heterocycles. The molecule has 2 heterocycles. The molecule has 0 aromatic rings. The zero-order chi connectivity index (χ0) is 15.5. The summed E-state index contributed by atoms with van der Waals surface area (Å²) in [6.45, 7) is 4.08. The van der Waals surface area contributed by atoms with Crippen molar-refractivity contribution < 1.29 is 19.1 Å². The lowest BCUT2D eigenvalue weighted by Crippen LogP contribution is -2.40. The molecule has 120 valence electrons. The molecule has 0 aromatic carbocycles. The van der Waals surface area contributed by atoms with E-state index in [-0.39, 0.29) is 24.0 Å². The molecule has 2 rings (SSSR count). The van der Waals surface area contributed by atoms with Crippen LogP contribution in [0.4, 0.5) is 0 Å². The highest BCUT2D eigenvalue weighted by atomic mass is 32.2. The van der Waals surface area contributed by atoms with Crippen molar-refractivity contribution in [1.82, 2.24) is 0 Å². The van der Waals surface area contributed by atoms with E-state index in [9.17, 15) is 9.59 Å². The third-order valence-corrected chi connectivity index (χ3v) is 6.06. The van der Waals surface area contributed by atoms with E-state index >= 15 is 0 Å². The van der Waals surface area contributed by atoms with E-state index in [0.29, 0.717) is 0 Å². The van der Waals surface area contributed by atoms with E-state index in [0.717, 1.165) is 19.3 Å². The number of thioether (sulfide) groups is 1. The second-order valence-electron chi connectivity index (χ2n) is 6.19. The first-order valence-corrected chi connectivity index (χ1v) is 9.23. The molecule has 2 aliphatic rings. The highest BCUT2D eigenvalue weighted by Crippen LogP contribution is 2.48. The SMILES string of the molecule is CCCCCCCC[C@H]1OC(=O)[C@@H]2OC(=O)[C@@](C)(SC)[C@H]12. The fourth-order valence-electron chi connectivity index (χ4n) is 3.35. The molecule has 21 heavy (non-hydrogen) atoms. The number of carbonyl (C=O) groups excluding carboxylic acids is 2. The number of hydrogen-bond acceptors (Lipinski definition) is 5. The van der Waals surface area contributed by atoms with Crippen LogP contribution in [0, 0.1) is 5.92 Å². The van der Waals surface area contributed by atoms with Gasteiger partial charge in [-0.15, -0.1) is 11.8 Å². The molecule has 0 amide bonds. The fourth-order valence-corrected chi connectivity index (χ4v) is 4.11. The van der Waals surface area contributed by atoms with Crippen molar-refractivity contribution in [2.24, 2.45) is 5.92 Å². The van der Waals surface area contributed by atoms with Gasteiger partial charge in [0.1, 0.15) is 10.9 Å². The monoisotopic (exact) mass is 314 g/mol. The van der Waals surface area contributed by atoms with Gasteiger partial charge in [0.2, 0.25) is 6.10 Å². The standard InChI is InChI=1S/C16H26O4S/c1-4-5-6-7-8-9-10-11-12-13(14(17)19-11)20-15(18)16(12,2)21-3/h11-13H,4-10H2,1-3H3/t11-,12-,13-,16+/m1/s1. The van der Waals surface area contributed by atoms with Crippen LogP contribution in [0.2, 0.25) is 0 Å². The first kappa shape index (κ1) is 16.7. The normalized spacial score (nSPS) is 34.7. The van der Waals surface area contributed by atoms with Gasteiger partial charge >= 0.3 is 11.9 Å². The zero-order valence-corrected chi connectivity index (χ0v) is 14.0. The van der Waals surface area contributed by atoms with E-state index in [4.69, 9.17) is 9.47 Å². The van der Waals surface area contributed by atoms with Crippen LogP contribution >= 0.6 is 11.8 Å². The third kappa shape index (κ3) is 3.22. The van der Waals surface area contributed by atoms with Crippen LogP contribution in [-0.4, -0.2) is 35.1 Å². The maximum Gasteiger partial charge on any atom is 0.348 e. The minimum atomic E-state index is -0.681. The molecule has 0 N–H and O–H groups in total. The molecule has 0 spiro atoms. The van der Waals surface area contributed by atoms with Crippen LogP contribution < -0.4 is 0 Å². The maximum atomic E-state index is 12.0. The number of cyclic esters (lactones) is 1. The van der Waals surface area contributed by atoms with Gasteiger partial charge < -0.3 is 9.47 Å². The van der Waals surface area contributed by atoms with E-state index in [1.54, 1.807) is 0 Å². The summed E-state index contributed by atoms with van der Waals surface area (Å²) >= 11 is 1.47. The number of esters is 2. The van der Waals surface area contributed by atoms with Crippen molar-refractivity contribution in [2.45, 2.75) is 75.7 Å².